The average Bonchev–Trinajstić information content (AvgIpc) is 2.42. The van der Waals surface area contributed by atoms with Crippen LogP contribution in [0.3, 0.4) is 0 Å². The molecule has 0 saturated heterocycles. The molecular formula is C15H18BrFN2O3. The second-order valence-electron chi connectivity index (χ2n) is 5.38. The van der Waals surface area contributed by atoms with Crippen LogP contribution in [0, 0.1) is 5.82 Å². The van der Waals surface area contributed by atoms with Gasteiger partial charge in [0.05, 0.1) is 12.1 Å². The molecule has 5 nitrogen and oxygen atoms in total. The molecule has 1 aromatic carbocycles. The van der Waals surface area contributed by atoms with E-state index in [-0.39, 0.29) is 30.1 Å². The van der Waals surface area contributed by atoms with Gasteiger partial charge in [0, 0.05) is 16.6 Å². The van der Waals surface area contributed by atoms with E-state index in [9.17, 15) is 14.0 Å². The SMILES string of the molecule is CCN(CC(=O)O)C1CC(NC(=O)c2cc(F)ccc2Br)C1. The zero-order chi connectivity index (χ0) is 16.3. The summed E-state index contributed by atoms with van der Waals surface area (Å²) in [6, 6.07) is 4.14. The number of amides is 1. The number of nitrogens with zero attached hydrogens (tertiary/aromatic N) is 1. The van der Waals surface area contributed by atoms with Crippen molar-refractivity contribution in [1.29, 1.82) is 0 Å². The summed E-state index contributed by atoms with van der Waals surface area (Å²) >= 11 is 3.23. The van der Waals surface area contributed by atoms with E-state index in [1.807, 2.05) is 11.8 Å². The normalized spacial score (nSPS) is 20.5. The van der Waals surface area contributed by atoms with E-state index in [0.717, 1.165) is 0 Å². The number of carboxylic acids is 1. The molecular weight excluding hydrogens is 355 g/mol. The Kier molecular flexibility index (Phi) is 5.52. The van der Waals surface area contributed by atoms with Crippen molar-refractivity contribution in [2.24, 2.45) is 0 Å². The van der Waals surface area contributed by atoms with Gasteiger partial charge < -0.3 is 10.4 Å². The van der Waals surface area contributed by atoms with E-state index < -0.39 is 11.8 Å². The van der Waals surface area contributed by atoms with E-state index in [1.54, 1.807) is 0 Å². The fourth-order valence-corrected chi connectivity index (χ4v) is 3.04. The lowest BCUT2D eigenvalue weighted by atomic mass is 9.85. The number of benzene rings is 1. The fraction of sp³-hybridized carbons (Fsp3) is 0.467. The van der Waals surface area contributed by atoms with Crippen LogP contribution >= 0.6 is 15.9 Å². The molecule has 120 valence electrons. The molecule has 0 bridgehead atoms. The Hall–Kier alpha value is -1.47. The van der Waals surface area contributed by atoms with Crippen molar-refractivity contribution in [2.45, 2.75) is 31.8 Å². The minimum absolute atomic E-state index is 0.00416. The van der Waals surface area contributed by atoms with Crippen LogP contribution in [0.5, 0.6) is 0 Å². The van der Waals surface area contributed by atoms with Crippen LogP contribution in [-0.4, -0.2) is 47.1 Å². The van der Waals surface area contributed by atoms with E-state index in [4.69, 9.17) is 5.11 Å². The number of hydrogen-bond acceptors (Lipinski definition) is 3. The molecule has 0 radical (unpaired) electrons. The third-order valence-corrected chi connectivity index (χ3v) is 4.57. The lowest BCUT2D eigenvalue weighted by Gasteiger charge is -2.42. The zero-order valence-electron chi connectivity index (χ0n) is 12.2. The molecule has 1 aliphatic rings. The van der Waals surface area contributed by atoms with Gasteiger partial charge in [0.1, 0.15) is 5.82 Å². The van der Waals surface area contributed by atoms with Gasteiger partial charge in [-0.15, -0.1) is 0 Å². The number of carbonyl (C=O) groups is 2. The molecule has 1 aromatic rings. The number of hydrogen-bond donors (Lipinski definition) is 2. The smallest absolute Gasteiger partial charge is 0.317 e. The molecule has 2 N–H and O–H groups in total. The van der Waals surface area contributed by atoms with Crippen molar-refractivity contribution in [1.82, 2.24) is 10.2 Å². The van der Waals surface area contributed by atoms with Gasteiger partial charge in [-0.3, -0.25) is 14.5 Å². The average molecular weight is 373 g/mol. The largest absolute Gasteiger partial charge is 0.480 e. The van der Waals surface area contributed by atoms with Crippen LogP contribution in [0.15, 0.2) is 22.7 Å². The van der Waals surface area contributed by atoms with Gasteiger partial charge in [-0.05, 0) is 53.5 Å². The number of nitrogens with one attached hydrogen (secondary N) is 1. The van der Waals surface area contributed by atoms with Gasteiger partial charge in [-0.1, -0.05) is 6.92 Å². The molecule has 0 spiro atoms. The highest BCUT2D eigenvalue weighted by molar-refractivity contribution is 9.10. The Balaban J connectivity index is 1.88. The highest BCUT2D eigenvalue weighted by atomic mass is 79.9. The summed E-state index contributed by atoms with van der Waals surface area (Å²) in [6.07, 6.45) is 1.42. The van der Waals surface area contributed by atoms with E-state index in [1.165, 1.54) is 18.2 Å². The molecule has 0 heterocycles. The number of carbonyl (C=O) groups excluding carboxylic acids is 1. The zero-order valence-corrected chi connectivity index (χ0v) is 13.8. The Morgan fingerprint density at radius 2 is 2.14 bits per heavy atom. The Morgan fingerprint density at radius 3 is 2.73 bits per heavy atom. The predicted octanol–water partition coefficient (Wildman–Crippen LogP) is 2.26. The van der Waals surface area contributed by atoms with Gasteiger partial charge in [0.25, 0.3) is 5.91 Å². The summed E-state index contributed by atoms with van der Waals surface area (Å²) < 4.78 is 13.8. The van der Waals surface area contributed by atoms with E-state index in [0.29, 0.717) is 23.9 Å². The Morgan fingerprint density at radius 1 is 1.45 bits per heavy atom. The third-order valence-electron chi connectivity index (χ3n) is 3.88. The highest BCUT2D eigenvalue weighted by Gasteiger charge is 2.34. The molecule has 1 saturated carbocycles. The van der Waals surface area contributed by atoms with Crippen LogP contribution in [0.2, 0.25) is 0 Å². The first-order valence-electron chi connectivity index (χ1n) is 7.12. The summed E-state index contributed by atoms with van der Waals surface area (Å²) in [7, 11) is 0. The number of likely N-dealkylation sites (N-methyl/N-ethyl adjacent to an activating group) is 1. The summed E-state index contributed by atoms with van der Waals surface area (Å²) in [5, 5.41) is 11.7. The standard InChI is InChI=1S/C15H18BrFN2O3/c1-2-19(8-14(20)21)11-6-10(7-11)18-15(22)12-5-9(17)3-4-13(12)16/h3-5,10-11H,2,6-8H2,1H3,(H,18,22)(H,20,21). The van der Waals surface area contributed by atoms with Crippen molar-refractivity contribution in [3.8, 4) is 0 Å². The second-order valence-corrected chi connectivity index (χ2v) is 6.23. The van der Waals surface area contributed by atoms with Crippen LogP contribution in [0.1, 0.15) is 30.1 Å². The monoisotopic (exact) mass is 372 g/mol. The van der Waals surface area contributed by atoms with Crippen molar-refractivity contribution in [2.75, 3.05) is 13.1 Å². The molecule has 0 atom stereocenters. The fourth-order valence-electron chi connectivity index (χ4n) is 2.61. The lowest BCUT2D eigenvalue weighted by molar-refractivity contribution is -0.139. The third kappa shape index (κ3) is 4.04. The maximum absolute atomic E-state index is 13.2. The second kappa shape index (κ2) is 7.19. The number of carboxylic acid groups (broad SMARTS) is 1. The lowest BCUT2D eigenvalue weighted by Crippen LogP contribution is -2.54. The van der Waals surface area contributed by atoms with Crippen LogP contribution in [0.4, 0.5) is 4.39 Å². The summed E-state index contributed by atoms with van der Waals surface area (Å²) in [6.45, 7) is 2.59. The van der Waals surface area contributed by atoms with Gasteiger partial charge in [-0.25, -0.2) is 4.39 Å². The molecule has 0 unspecified atom stereocenters. The maximum atomic E-state index is 13.2. The quantitative estimate of drug-likeness (QED) is 0.803. The Labute approximate surface area is 136 Å². The van der Waals surface area contributed by atoms with Crippen LogP contribution in [-0.2, 0) is 4.79 Å². The summed E-state index contributed by atoms with van der Waals surface area (Å²) in [5.41, 5.74) is 0.265. The van der Waals surface area contributed by atoms with Gasteiger partial charge in [0.15, 0.2) is 0 Å². The van der Waals surface area contributed by atoms with Gasteiger partial charge in [0.2, 0.25) is 0 Å². The molecule has 1 amide bonds. The first-order valence-corrected chi connectivity index (χ1v) is 7.91. The minimum Gasteiger partial charge on any atom is -0.480 e. The van der Waals surface area contributed by atoms with Crippen LogP contribution in [0.25, 0.3) is 0 Å². The van der Waals surface area contributed by atoms with Crippen LogP contribution < -0.4 is 5.32 Å². The maximum Gasteiger partial charge on any atom is 0.317 e. The molecule has 0 aliphatic heterocycles. The first kappa shape index (κ1) is 16.9. The first-order chi connectivity index (χ1) is 10.4. The predicted molar refractivity (Wildman–Crippen MR) is 83.3 cm³/mol. The molecule has 1 aliphatic carbocycles. The molecule has 0 aromatic heterocycles. The molecule has 7 heteroatoms. The van der Waals surface area contributed by atoms with Crippen molar-refractivity contribution in [3.63, 3.8) is 0 Å². The Bertz CT molecular complexity index is 576. The molecule has 2 rings (SSSR count). The van der Waals surface area contributed by atoms with Crippen molar-refractivity contribution in [3.05, 3.63) is 34.1 Å². The highest BCUT2D eigenvalue weighted by Crippen LogP contribution is 2.26. The molecule has 1 fully saturated rings. The van der Waals surface area contributed by atoms with Crippen molar-refractivity contribution < 1.29 is 19.1 Å². The number of halogens is 2. The minimum atomic E-state index is -0.849. The van der Waals surface area contributed by atoms with E-state index in [2.05, 4.69) is 21.2 Å². The van der Waals surface area contributed by atoms with Gasteiger partial charge in [-0.2, -0.15) is 0 Å². The summed E-state index contributed by atoms with van der Waals surface area (Å²) in [4.78, 5) is 24.8. The van der Waals surface area contributed by atoms with E-state index >= 15 is 0 Å². The number of rotatable bonds is 6. The number of aliphatic carboxylic acids is 1. The summed E-state index contributed by atoms with van der Waals surface area (Å²) in [5.74, 6) is -1.63. The van der Waals surface area contributed by atoms with Gasteiger partial charge >= 0.3 is 5.97 Å². The van der Waals surface area contributed by atoms with Crippen molar-refractivity contribution >= 4 is 27.8 Å². The topological polar surface area (TPSA) is 69.6 Å². The molecule has 22 heavy (non-hydrogen) atoms.